The van der Waals surface area contributed by atoms with Gasteiger partial charge in [-0.25, -0.2) is 9.50 Å². The lowest BCUT2D eigenvalue weighted by Gasteiger charge is -2.01. The molecule has 0 N–H and O–H groups in total. The lowest BCUT2D eigenvalue weighted by atomic mass is 10.3. The molecule has 0 saturated heterocycles. The topological polar surface area (TPSA) is 43.3 Å². The minimum atomic E-state index is 0.830. The van der Waals surface area contributed by atoms with Crippen LogP contribution in [0.3, 0.4) is 0 Å². The van der Waals surface area contributed by atoms with Crippen LogP contribution in [0.1, 0.15) is 0 Å². The summed E-state index contributed by atoms with van der Waals surface area (Å²) in [5.41, 5.74) is 3.69. The first-order valence-electron chi connectivity index (χ1n) is 5.83. The van der Waals surface area contributed by atoms with E-state index >= 15 is 0 Å². The molecular formula is C14H9N3OS. The third-order valence-corrected chi connectivity index (χ3v) is 3.85. The van der Waals surface area contributed by atoms with Gasteiger partial charge in [-0.3, -0.25) is 0 Å². The van der Waals surface area contributed by atoms with E-state index in [1.165, 1.54) is 0 Å². The molecule has 19 heavy (non-hydrogen) atoms. The summed E-state index contributed by atoms with van der Waals surface area (Å²) in [5.74, 6) is 0. The molecule has 0 unspecified atom stereocenters. The number of hydrogen-bond acceptors (Lipinski definition) is 4. The smallest absolute Gasteiger partial charge is 0.154 e. The van der Waals surface area contributed by atoms with Gasteiger partial charge in [0.05, 0.1) is 29.3 Å². The van der Waals surface area contributed by atoms with Gasteiger partial charge in [0.2, 0.25) is 0 Å². The summed E-state index contributed by atoms with van der Waals surface area (Å²) in [6.45, 7) is 0. The molecule has 92 valence electrons. The van der Waals surface area contributed by atoms with Gasteiger partial charge in [-0.2, -0.15) is 5.10 Å². The Kier molecular flexibility index (Phi) is 2.25. The van der Waals surface area contributed by atoms with Crippen LogP contribution in [-0.4, -0.2) is 14.6 Å². The van der Waals surface area contributed by atoms with Crippen molar-refractivity contribution in [3.05, 3.63) is 54.4 Å². The number of furan rings is 1. The molecule has 4 aromatic rings. The Labute approximate surface area is 113 Å². The molecule has 0 aliphatic heterocycles. The molecular weight excluding hydrogens is 258 g/mol. The van der Waals surface area contributed by atoms with Crippen molar-refractivity contribution in [2.45, 2.75) is 0 Å². The Morgan fingerprint density at radius 3 is 2.95 bits per heavy atom. The van der Waals surface area contributed by atoms with Crippen molar-refractivity contribution < 1.29 is 4.42 Å². The molecule has 0 fully saturated rings. The zero-order valence-electron chi connectivity index (χ0n) is 9.85. The molecule has 0 spiro atoms. The quantitative estimate of drug-likeness (QED) is 0.556. The summed E-state index contributed by atoms with van der Waals surface area (Å²) in [7, 11) is 0. The number of nitrogens with zero attached hydrogens (tertiary/aromatic N) is 3. The third kappa shape index (κ3) is 1.67. The molecule has 0 saturated carbocycles. The van der Waals surface area contributed by atoms with Crippen molar-refractivity contribution in [3.63, 3.8) is 0 Å². The van der Waals surface area contributed by atoms with Crippen molar-refractivity contribution in [2.75, 3.05) is 0 Å². The minimum absolute atomic E-state index is 0.830. The largest absolute Gasteiger partial charge is 0.472 e. The second kappa shape index (κ2) is 4.07. The van der Waals surface area contributed by atoms with Gasteiger partial charge in [0, 0.05) is 5.56 Å². The summed E-state index contributed by atoms with van der Waals surface area (Å²) in [6.07, 6.45) is 5.16. The fourth-order valence-electron chi connectivity index (χ4n) is 2.04. The molecule has 0 radical (unpaired) electrons. The number of imidazole rings is 1. The Hall–Kier alpha value is -2.40. The van der Waals surface area contributed by atoms with Gasteiger partial charge in [0.1, 0.15) is 5.69 Å². The summed E-state index contributed by atoms with van der Waals surface area (Å²) < 4.78 is 6.97. The van der Waals surface area contributed by atoms with Gasteiger partial charge in [0.15, 0.2) is 5.65 Å². The van der Waals surface area contributed by atoms with E-state index in [9.17, 15) is 0 Å². The van der Waals surface area contributed by atoms with Crippen LogP contribution in [0.5, 0.6) is 0 Å². The maximum atomic E-state index is 5.12. The van der Waals surface area contributed by atoms with Gasteiger partial charge >= 0.3 is 0 Å². The monoisotopic (exact) mass is 267 g/mol. The predicted molar refractivity (Wildman–Crippen MR) is 74.0 cm³/mol. The molecule has 0 aliphatic carbocycles. The Balaban J connectivity index is 1.95. The van der Waals surface area contributed by atoms with Gasteiger partial charge in [-0.15, -0.1) is 11.3 Å². The van der Waals surface area contributed by atoms with Gasteiger partial charge < -0.3 is 4.42 Å². The Morgan fingerprint density at radius 1 is 1.16 bits per heavy atom. The van der Waals surface area contributed by atoms with E-state index in [-0.39, 0.29) is 0 Å². The molecule has 5 heteroatoms. The minimum Gasteiger partial charge on any atom is -0.472 e. The van der Waals surface area contributed by atoms with E-state index in [2.05, 4.69) is 16.1 Å². The fourth-order valence-corrected chi connectivity index (χ4v) is 2.73. The van der Waals surface area contributed by atoms with Crippen molar-refractivity contribution >= 4 is 17.0 Å². The number of hydrogen-bond donors (Lipinski definition) is 0. The van der Waals surface area contributed by atoms with Crippen molar-refractivity contribution in [1.29, 1.82) is 0 Å². The molecule has 4 nitrogen and oxygen atoms in total. The molecule has 0 amide bonds. The molecule has 0 aliphatic rings. The van der Waals surface area contributed by atoms with Crippen LogP contribution in [0.25, 0.3) is 27.5 Å². The van der Waals surface area contributed by atoms with Gasteiger partial charge in [-0.1, -0.05) is 6.07 Å². The Morgan fingerprint density at radius 2 is 2.16 bits per heavy atom. The van der Waals surface area contributed by atoms with Gasteiger partial charge in [-0.05, 0) is 29.6 Å². The van der Waals surface area contributed by atoms with E-state index in [4.69, 9.17) is 4.42 Å². The van der Waals surface area contributed by atoms with E-state index in [0.717, 1.165) is 27.5 Å². The van der Waals surface area contributed by atoms with E-state index in [1.54, 1.807) is 23.9 Å². The van der Waals surface area contributed by atoms with Crippen LogP contribution < -0.4 is 0 Å². The average molecular weight is 267 g/mol. The first-order valence-corrected chi connectivity index (χ1v) is 6.71. The van der Waals surface area contributed by atoms with Crippen LogP contribution in [-0.2, 0) is 0 Å². The van der Waals surface area contributed by atoms with E-state index in [1.807, 2.05) is 40.4 Å². The maximum absolute atomic E-state index is 5.12. The maximum Gasteiger partial charge on any atom is 0.154 e. The highest BCUT2D eigenvalue weighted by atomic mass is 32.1. The summed E-state index contributed by atoms with van der Waals surface area (Å²) in [6, 6.07) is 9.96. The SMILES string of the molecule is c1csc(-c2ccc3ncc(-c4ccoc4)n3n2)c1. The molecule has 4 rings (SSSR count). The Bertz CT molecular complexity index is 816. The molecule has 4 aromatic heterocycles. The van der Waals surface area contributed by atoms with Crippen LogP contribution in [0.4, 0.5) is 0 Å². The average Bonchev–Trinajstić information content (AvgIpc) is 3.18. The second-order valence-electron chi connectivity index (χ2n) is 4.12. The standard InChI is InChI=1S/C14H9N3OS/c1-2-13(19-7-1)11-3-4-14-15-8-12(17(14)16-11)10-5-6-18-9-10/h1-9H. The summed E-state index contributed by atoms with van der Waals surface area (Å²) in [5, 5.41) is 6.70. The zero-order valence-corrected chi connectivity index (χ0v) is 10.7. The predicted octanol–water partition coefficient (Wildman–Crippen LogP) is 3.72. The molecule has 0 bridgehead atoms. The normalized spacial score (nSPS) is 11.2. The first kappa shape index (κ1) is 10.5. The number of thiophene rings is 1. The van der Waals surface area contributed by atoms with Crippen molar-refractivity contribution in [1.82, 2.24) is 14.6 Å². The number of aromatic nitrogens is 3. The van der Waals surface area contributed by atoms with Crippen LogP contribution >= 0.6 is 11.3 Å². The highest BCUT2D eigenvalue weighted by molar-refractivity contribution is 7.13. The molecule has 0 atom stereocenters. The lowest BCUT2D eigenvalue weighted by molar-refractivity contribution is 0.568. The zero-order chi connectivity index (χ0) is 12.7. The number of rotatable bonds is 2. The second-order valence-corrected chi connectivity index (χ2v) is 5.07. The van der Waals surface area contributed by atoms with Crippen molar-refractivity contribution in [2.24, 2.45) is 0 Å². The van der Waals surface area contributed by atoms with Crippen LogP contribution in [0.15, 0.2) is 58.9 Å². The molecule has 4 heterocycles. The van der Waals surface area contributed by atoms with E-state index < -0.39 is 0 Å². The third-order valence-electron chi connectivity index (χ3n) is 2.95. The summed E-state index contributed by atoms with van der Waals surface area (Å²) in [4.78, 5) is 5.51. The van der Waals surface area contributed by atoms with Crippen LogP contribution in [0, 0.1) is 0 Å². The first-order chi connectivity index (χ1) is 9.42. The summed E-state index contributed by atoms with van der Waals surface area (Å²) >= 11 is 1.68. The number of fused-ring (bicyclic) bond motifs is 1. The lowest BCUT2D eigenvalue weighted by Crippen LogP contribution is -1.95. The molecule has 0 aromatic carbocycles. The van der Waals surface area contributed by atoms with Crippen LogP contribution in [0.2, 0.25) is 0 Å². The van der Waals surface area contributed by atoms with Crippen molar-refractivity contribution in [3.8, 4) is 21.8 Å². The fraction of sp³-hybridized carbons (Fsp3) is 0. The highest BCUT2D eigenvalue weighted by Crippen LogP contribution is 2.25. The van der Waals surface area contributed by atoms with E-state index in [0.29, 0.717) is 0 Å². The van der Waals surface area contributed by atoms with Gasteiger partial charge in [0.25, 0.3) is 0 Å². The highest BCUT2D eigenvalue weighted by Gasteiger charge is 2.09.